The summed E-state index contributed by atoms with van der Waals surface area (Å²) in [5.74, 6) is 1.08. The van der Waals surface area contributed by atoms with E-state index in [-0.39, 0.29) is 5.91 Å². The van der Waals surface area contributed by atoms with Crippen LogP contribution in [0.2, 0.25) is 0 Å². The Labute approximate surface area is 169 Å². The fourth-order valence-electron chi connectivity index (χ4n) is 2.84. The number of nitrogens with one attached hydrogen (secondary N) is 3. The SMILES string of the molecule is CCc1cccc(C)c1NC(=S)NNC(=O)/C=C/c1ccc2c(c1)OCCO2. The molecule has 7 heteroatoms. The van der Waals surface area contributed by atoms with Crippen LogP contribution in [0.25, 0.3) is 6.08 Å². The predicted molar refractivity (Wildman–Crippen MR) is 115 cm³/mol. The number of benzene rings is 2. The summed E-state index contributed by atoms with van der Waals surface area (Å²) >= 11 is 5.27. The Morgan fingerprint density at radius 2 is 1.93 bits per heavy atom. The lowest BCUT2D eigenvalue weighted by Gasteiger charge is -2.18. The zero-order valence-corrected chi connectivity index (χ0v) is 16.7. The average molecular weight is 398 g/mol. The van der Waals surface area contributed by atoms with Crippen LogP contribution in [-0.2, 0) is 11.2 Å². The van der Waals surface area contributed by atoms with E-state index in [0.717, 1.165) is 28.8 Å². The lowest BCUT2D eigenvalue weighted by atomic mass is 10.1. The van der Waals surface area contributed by atoms with Gasteiger partial charge in [0.05, 0.1) is 0 Å². The topological polar surface area (TPSA) is 71.6 Å². The lowest BCUT2D eigenvalue weighted by Crippen LogP contribution is -2.43. The van der Waals surface area contributed by atoms with E-state index in [2.05, 4.69) is 23.1 Å². The van der Waals surface area contributed by atoms with E-state index in [0.29, 0.717) is 29.8 Å². The number of para-hydroxylation sites is 1. The first-order valence-electron chi connectivity index (χ1n) is 9.10. The standard InChI is InChI=1S/C21H23N3O3S/c1-3-16-6-4-5-14(2)20(16)22-21(28)24-23-19(25)10-8-15-7-9-17-18(13-15)27-12-11-26-17/h4-10,13H,3,11-12H2,1-2H3,(H,23,25)(H2,22,24,28)/b10-8+. The Kier molecular flexibility index (Phi) is 6.49. The van der Waals surface area contributed by atoms with Gasteiger partial charge in [0.15, 0.2) is 16.6 Å². The second kappa shape index (κ2) is 9.23. The molecule has 0 fully saturated rings. The van der Waals surface area contributed by atoms with Crippen LogP contribution in [0.5, 0.6) is 11.5 Å². The molecule has 1 aliphatic heterocycles. The van der Waals surface area contributed by atoms with Gasteiger partial charge in [-0.2, -0.15) is 0 Å². The molecule has 0 bridgehead atoms. The van der Waals surface area contributed by atoms with E-state index in [9.17, 15) is 4.79 Å². The van der Waals surface area contributed by atoms with E-state index in [1.54, 1.807) is 6.08 Å². The molecule has 0 saturated heterocycles. The second-order valence-corrected chi connectivity index (χ2v) is 6.68. The minimum atomic E-state index is -0.320. The number of hydrogen-bond donors (Lipinski definition) is 3. The Bertz CT molecular complexity index is 912. The fraction of sp³-hybridized carbons (Fsp3) is 0.238. The smallest absolute Gasteiger partial charge is 0.262 e. The normalized spacial score (nSPS) is 12.5. The van der Waals surface area contributed by atoms with Crippen LogP contribution < -0.4 is 25.6 Å². The van der Waals surface area contributed by atoms with Crippen LogP contribution in [0.3, 0.4) is 0 Å². The summed E-state index contributed by atoms with van der Waals surface area (Å²) in [5.41, 5.74) is 9.33. The number of thiocarbonyl (C=S) groups is 1. The molecule has 0 unspecified atom stereocenters. The first-order valence-corrected chi connectivity index (χ1v) is 9.51. The largest absolute Gasteiger partial charge is 0.486 e. The third-order valence-electron chi connectivity index (χ3n) is 4.27. The van der Waals surface area contributed by atoms with Crippen LogP contribution in [0.4, 0.5) is 5.69 Å². The number of fused-ring (bicyclic) bond motifs is 1. The van der Waals surface area contributed by atoms with Gasteiger partial charge in [-0.25, -0.2) is 0 Å². The van der Waals surface area contributed by atoms with Crippen molar-refractivity contribution in [3.63, 3.8) is 0 Å². The van der Waals surface area contributed by atoms with Crippen molar-refractivity contribution in [2.45, 2.75) is 20.3 Å². The molecule has 1 aliphatic rings. The molecule has 1 amide bonds. The highest BCUT2D eigenvalue weighted by atomic mass is 32.1. The van der Waals surface area contributed by atoms with Crippen molar-refractivity contribution in [2.24, 2.45) is 0 Å². The Hall–Kier alpha value is -3.06. The van der Waals surface area contributed by atoms with E-state index in [1.165, 1.54) is 6.08 Å². The quantitative estimate of drug-likeness (QED) is 0.418. The molecule has 0 aliphatic carbocycles. The van der Waals surface area contributed by atoms with Crippen LogP contribution >= 0.6 is 12.2 Å². The van der Waals surface area contributed by atoms with Gasteiger partial charge >= 0.3 is 0 Å². The minimum absolute atomic E-state index is 0.320. The van der Waals surface area contributed by atoms with E-state index < -0.39 is 0 Å². The van der Waals surface area contributed by atoms with Crippen LogP contribution in [-0.4, -0.2) is 24.2 Å². The number of ether oxygens (including phenoxy) is 2. The molecule has 0 radical (unpaired) electrons. The molecule has 0 aromatic heterocycles. The van der Waals surface area contributed by atoms with Gasteiger partial charge in [0, 0.05) is 11.8 Å². The van der Waals surface area contributed by atoms with Crippen molar-refractivity contribution in [3.05, 3.63) is 59.2 Å². The number of aryl methyl sites for hydroxylation is 2. The number of hydrazine groups is 1. The Morgan fingerprint density at radius 1 is 1.14 bits per heavy atom. The van der Waals surface area contributed by atoms with Crippen molar-refractivity contribution >= 4 is 35.0 Å². The number of hydrogen-bond acceptors (Lipinski definition) is 4. The highest BCUT2D eigenvalue weighted by Gasteiger charge is 2.11. The molecule has 28 heavy (non-hydrogen) atoms. The highest BCUT2D eigenvalue weighted by molar-refractivity contribution is 7.80. The molecule has 0 spiro atoms. The van der Waals surface area contributed by atoms with Crippen molar-refractivity contribution < 1.29 is 14.3 Å². The monoisotopic (exact) mass is 397 g/mol. The molecule has 1 heterocycles. The molecule has 0 atom stereocenters. The number of amides is 1. The van der Waals surface area contributed by atoms with E-state index in [1.807, 2.05) is 43.3 Å². The summed E-state index contributed by atoms with van der Waals surface area (Å²) in [6.07, 6.45) is 4.01. The molecule has 2 aromatic carbocycles. The summed E-state index contributed by atoms with van der Waals surface area (Å²) in [4.78, 5) is 12.0. The number of carbonyl (C=O) groups is 1. The van der Waals surface area contributed by atoms with Gasteiger partial charge in [-0.15, -0.1) is 0 Å². The molecule has 2 aromatic rings. The van der Waals surface area contributed by atoms with Crippen molar-refractivity contribution in [1.82, 2.24) is 10.9 Å². The molecular weight excluding hydrogens is 374 g/mol. The molecule has 3 rings (SSSR count). The molecule has 3 N–H and O–H groups in total. The third kappa shape index (κ3) is 5.01. The second-order valence-electron chi connectivity index (χ2n) is 6.27. The van der Waals surface area contributed by atoms with Gasteiger partial charge in [0.1, 0.15) is 13.2 Å². The maximum atomic E-state index is 12.0. The maximum Gasteiger partial charge on any atom is 0.262 e. The average Bonchev–Trinajstić information content (AvgIpc) is 2.72. The highest BCUT2D eigenvalue weighted by Crippen LogP contribution is 2.31. The first kappa shape index (κ1) is 19.7. The zero-order chi connectivity index (χ0) is 19.9. The number of carbonyl (C=O) groups excluding carboxylic acids is 1. The van der Waals surface area contributed by atoms with Gasteiger partial charge in [-0.05, 0) is 60.5 Å². The van der Waals surface area contributed by atoms with Gasteiger partial charge < -0.3 is 14.8 Å². The summed E-state index contributed by atoms with van der Waals surface area (Å²) in [6.45, 7) is 5.17. The van der Waals surface area contributed by atoms with Gasteiger partial charge in [-0.3, -0.25) is 15.6 Å². The number of anilines is 1. The van der Waals surface area contributed by atoms with Crippen LogP contribution in [0, 0.1) is 6.92 Å². The third-order valence-corrected chi connectivity index (χ3v) is 4.48. The Balaban J connectivity index is 1.53. The van der Waals surface area contributed by atoms with E-state index in [4.69, 9.17) is 21.7 Å². The summed E-state index contributed by atoms with van der Waals surface area (Å²) in [7, 11) is 0. The van der Waals surface area contributed by atoms with Crippen molar-refractivity contribution in [1.29, 1.82) is 0 Å². The minimum Gasteiger partial charge on any atom is -0.486 e. The van der Waals surface area contributed by atoms with Crippen molar-refractivity contribution in [3.8, 4) is 11.5 Å². The Morgan fingerprint density at radius 3 is 2.71 bits per heavy atom. The summed E-state index contributed by atoms with van der Waals surface area (Å²) in [5, 5.41) is 3.47. The first-order chi connectivity index (χ1) is 13.6. The zero-order valence-electron chi connectivity index (χ0n) is 15.9. The molecule has 0 saturated carbocycles. The van der Waals surface area contributed by atoms with Crippen molar-refractivity contribution in [2.75, 3.05) is 18.5 Å². The lowest BCUT2D eigenvalue weighted by molar-refractivity contribution is -0.116. The maximum absolute atomic E-state index is 12.0. The summed E-state index contributed by atoms with van der Waals surface area (Å²) in [6, 6.07) is 11.6. The van der Waals surface area contributed by atoms with Gasteiger partial charge in [-0.1, -0.05) is 31.2 Å². The van der Waals surface area contributed by atoms with Gasteiger partial charge in [0.2, 0.25) is 0 Å². The van der Waals surface area contributed by atoms with Crippen LogP contribution in [0.1, 0.15) is 23.6 Å². The van der Waals surface area contributed by atoms with Crippen LogP contribution in [0.15, 0.2) is 42.5 Å². The van der Waals surface area contributed by atoms with E-state index >= 15 is 0 Å². The number of rotatable bonds is 4. The molecule has 146 valence electrons. The predicted octanol–water partition coefficient (Wildman–Crippen LogP) is 3.36. The molecular formula is C21H23N3O3S. The summed E-state index contributed by atoms with van der Waals surface area (Å²) < 4.78 is 11.0. The fourth-order valence-corrected chi connectivity index (χ4v) is 3.00. The molecule has 6 nitrogen and oxygen atoms in total. The van der Waals surface area contributed by atoms with Gasteiger partial charge in [0.25, 0.3) is 5.91 Å².